The zero-order chi connectivity index (χ0) is 18.0. The number of aromatic nitrogens is 2. The van der Waals surface area contributed by atoms with Crippen LogP contribution in [0.3, 0.4) is 0 Å². The van der Waals surface area contributed by atoms with Crippen LogP contribution in [0.25, 0.3) is 0 Å². The Hall–Kier alpha value is -1.70. The van der Waals surface area contributed by atoms with E-state index in [-0.39, 0.29) is 29.5 Å². The van der Waals surface area contributed by atoms with E-state index in [1.54, 1.807) is 18.0 Å². The van der Waals surface area contributed by atoms with Crippen LogP contribution in [0, 0.1) is 6.92 Å². The quantitative estimate of drug-likeness (QED) is 0.867. The van der Waals surface area contributed by atoms with E-state index in [1.165, 1.54) is 6.42 Å². The molecule has 1 aromatic heterocycles. The number of carbonyl (C=O) groups excluding carboxylic acids is 1. The maximum atomic E-state index is 12.5. The smallest absolute Gasteiger partial charge is 0.270 e. The molecule has 8 heteroatoms. The fourth-order valence-electron chi connectivity index (χ4n) is 3.58. The number of rotatable bonds is 4. The summed E-state index contributed by atoms with van der Waals surface area (Å²) in [5.74, 6) is 0.551. The number of anilines is 1. The van der Waals surface area contributed by atoms with Crippen LogP contribution in [0.15, 0.2) is 6.07 Å². The molecule has 0 radical (unpaired) electrons. The van der Waals surface area contributed by atoms with E-state index >= 15 is 0 Å². The molecule has 1 saturated heterocycles. The summed E-state index contributed by atoms with van der Waals surface area (Å²) >= 11 is 0. The molecule has 2 fully saturated rings. The molecule has 1 atom stereocenters. The molecule has 3 rings (SSSR count). The lowest BCUT2D eigenvalue weighted by molar-refractivity contribution is 0.0922. The van der Waals surface area contributed by atoms with Crippen molar-refractivity contribution in [2.75, 3.05) is 23.5 Å². The molecular formula is C17H26N4O3S. The molecule has 2 heterocycles. The van der Waals surface area contributed by atoms with E-state index in [0.717, 1.165) is 25.7 Å². The highest BCUT2D eigenvalue weighted by Crippen LogP contribution is 2.21. The van der Waals surface area contributed by atoms with Crippen LogP contribution >= 0.6 is 0 Å². The third-order valence-electron chi connectivity index (χ3n) is 5.09. The minimum Gasteiger partial charge on any atom is -0.348 e. The van der Waals surface area contributed by atoms with Gasteiger partial charge in [-0.25, -0.2) is 18.4 Å². The number of hydrogen-bond acceptors (Lipinski definition) is 6. The summed E-state index contributed by atoms with van der Waals surface area (Å²) < 4.78 is 23.4. The van der Waals surface area contributed by atoms with Gasteiger partial charge in [0.05, 0.1) is 11.5 Å². The van der Waals surface area contributed by atoms with Crippen LogP contribution in [0.1, 0.15) is 54.7 Å². The Labute approximate surface area is 149 Å². The summed E-state index contributed by atoms with van der Waals surface area (Å²) in [6.07, 6.45) is 6.14. The van der Waals surface area contributed by atoms with Gasteiger partial charge in [0.1, 0.15) is 5.69 Å². The van der Waals surface area contributed by atoms with E-state index in [9.17, 15) is 13.2 Å². The zero-order valence-corrected chi connectivity index (χ0v) is 15.7. The van der Waals surface area contributed by atoms with E-state index < -0.39 is 9.84 Å². The van der Waals surface area contributed by atoms with E-state index in [1.807, 2.05) is 6.92 Å². The SMILES string of the molecule is Cc1cc(C(=O)NC2CCCCC2)nc(N(C)C2CCS(=O)(=O)C2)n1. The number of sulfone groups is 1. The molecule has 1 amide bonds. The average molecular weight is 366 g/mol. The van der Waals surface area contributed by atoms with Gasteiger partial charge in [0.2, 0.25) is 5.95 Å². The number of amides is 1. The van der Waals surface area contributed by atoms with Gasteiger partial charge in [-0.1, -0.05) is 19.3 Å². The van der Waals surface area contributed by atoms with Crippen LogP contribution in [0.5, 0.6) is 0 Å². The second-order valence-electron chi connectivity index (χ2n) is 7.17. The molecule has 1 saturated carbocycles. The third kappa shape index (κ3) is 4.48. The van der Waals surface area contributed by atoms with Crippen LogP contribution < -0.4 is 10.2 Å². The number of aryl methyl sites for hydroxylation is 1. The fourth-order valence-corrected chi connectivity index (χ4v) is 5.35. The molecule has 0 bridgehead atoms. The molecule has 2 aliphatic rings. The van der Waals surface area contributed by atoms with Crippen LogP contribution in [-0.4, -0.2) is 54.9 Å². The Morgan fingerprint density at radius 1 is 1.20 bits per heavy atom. The molecule has 138 valence electrons. The highest BCUT2D eigenvalue weighted by Gasteiger charge is 2.32. The van der Waals surface area contributed by atoms with E-state index in [4.69, 9.17) is 0 Å². The van der Waals surface area contributed by atoms with Gasteiger partial charge in [-0.15, -0.1) is 0 Å². The number of nitrogens with zero attached hydrogens (tertiary/aromatic N) is 3. The first-order valence-electron chi connectivity index (χ1n) is 8.94. The van der Waals surface area contributed by atoms with Crippen molar-refractivity contribution >= 4 is 21.7 Å². The molecule has 1 aromatic rings. The predicted octanol–water partition coefficient (Wildman–Crippen LogP) is 1.47. The minimum atomic E-state index is -2.98. The Morgan fingerprint density at radius 3 is 2.56 bits per heavy atom. The van der Waals surface area contributed by atoms with Gasteiger partial charge in [-0.3, -0.25) is 4.79 Å². The van der Waals surface area contributed by atoms with Gasteiger partial charge in [0, 0.05) is 24.8 Å². The molecular weight excluding hydrogens is 340 g/mol. The molecule has 25 heavy (non-hydrogen) atoms. The summed E-state index contributed by atoms with van der Waals surface area (Å²) in [6, 6.07) is 1.76. The molecule has 0 spiro atoms. The highest BCUT2D eigenvalue weighted by atomic mass is 32.2. The fraction of sp³-hybridized carbons (Fsp3) is 0.706. The van der Waals surface area contributed by atoms with Gasteiger partial charge in [-0.2, -0.15) is 0 Å². The first kappa shape index (κ1) is 18.1. The molecule has 0 aromatic carbocycles. The lowest BCUT2D eigenvalue weighted by Gasteiger charge is -2.25. The van der Waals surface area contributed by atoms with E-state index in [2.05, 4.69) is 15.3 Å². The van der Waals surface area contributed by atoms with Crippen molar-refractivity contribution in [1.82, 2.24) is 15.3 Å². The molecule has 1 N–H and O–H groups in total. The summed E-state index contributed by atoms with van der Waals surface area (Å²) in [5.41, 5.74) is 1.05. The Bertz CT molecular complexity index is 744. The summed E-state index contributed by atoms with van der Waals surface area (Å²) in [7, 11) is -1.19. The second kappa shape index (κ2) is 7.27. The topological polar surface area (TPSA) is 92.3 Å². The summed E-state index contributed by atoms with van der Waals surface area (Å²) in [5, 5.41) is 3.07. The van der Waals surface area contributed by atoms with Crippen LogP contribution in [-0.2, 0) is 9.84 Å². The van der Waals surface area contributed by atoms with Gasteiger partial charge < -0.3 is 10.2 Å². The first-order valence-corrected chi connectivity index (χ1v) is 10.8. The van der Waals surface area contributed by atoms with Gasteiger partial charge in [0.15, 0.2) is 9.84 Å². The first-order chi connectivity index (χ1) is 11.8. The summed E-state index contributed by atoms with van der Waals surface area (Å²) in [6.45, 7) is 1.82. The normalized spacial score (nSPS) is 23.4. The van der Waals surface area contributed by atoms with Crippen molar-refractivity contribution < 1.29 is 13.2 Å². The van der Waals surface area contributed by atoms with Gasteiger partial charge >= 0.3 is 0 Å². The molecule has 1 aliphatic carbocycles. The number of carbonyl (C=O) groups is 1. The average Bonchev–Trinajstić information content (AvgIpc) is 2.94. The van der Waals surface area contributed by atoms with Crippen molar-refractivity contribution in [2.45, 2.75) is 57.5 Å². The number of hydrogen-bond donors (Lipinski definition) is 1. The van der Waals surface area contributed by atoms with Crippen LogP contribution in [0.2, 0.25) is 0 Å². The number of nitrogens with one attached hydrogen (secondary N) is 1. The third-order valence-corrected chi connectivity index (χ3v) is 6.84. The summed E-state index contributed by atoms with van der Waals surface area (Å²) in [4.78, 5) is 23.1. The van der Waals surface area contributed by atoms with Crippen molar-refractivity contribution in [3.05, 3.63) is 17.5 Å². The lowest BCUT2D eigenvalue weighted by atomic mass is 9.95. The van der Waals surface area contributed by atoms with Crippen molar-refractivity contribution in [3.63, 3.8) is 0 Å². The van der Waals surface area contributed by atoms with Crippen molar-refractivity contribution in [1.29, 1.82) is 0 Å². The monoisotopic (exact) mass is 366 g/mol. The lowest BCUT2D eigenvalue weighted by Crippen LogP contribution is -2.38. The van der Waals surface area contributed by atoms with Crippen molar-refractivity contribution in [3.8, 4) is 0 Å². The Morgan fingerprint density at radius 2 is 1.92 bits per heavy atom. The van der Waals surface area contributed by atoms with Gasteiger partial charge in [-0.05, 0) is 32.3 Å². The van der Waals surface area contributed by atoms with Crippen molar-refractivity contribution in [2.24, 2.45) is 0 Å². The standard InChI is InChI=1S/C17H26N4O3S/c1-12-10-15(16(22)19-13-6-4-3-5-7-13)20-17(18-12)21(2)14-8-9-25(23,24)11-14/h10,13-14H,3-9,11H2,1-2H3,(H,19,22). The van der Waals surface area contributed by atoms with Gasteiger partial charge in [0.25, 0.3) is 5.91 Å². The highest BCUT2D eigenvalue weighted by molar-refractivity contribution is 7.91. The maximum absolute atomic E-state index is 12.5. The molecule has 1 aliphatic heterocycles. The molecule has 7 nitrogen and oxygen atoms in total. The Kier molecular flexibility index (Phi) is 5.27. The Balaban J connectivity index is 1.74. The predicted molar refractivity (Wildman–Crippen MR) is 96.6 cm³/mol. The molecule has 1 unspecified atom stereocenters. The maximum Gasteiger partial charge on any atom is 0.270 e. The van der Waals surface area contributed by atoms with E-state index in [0.29, 0.717) is 23.8 Å². The second-order valence-corrected chi connectivity index (χ2v) is 9.40. The zero-order valence-electron chi connectivity index (χ0n) is 14.9. The minimum absolute atomic E-state index is 0.115. The van der Waals surface area contributed by atoms with Crippen LogP contribution in [0.4, 0.5) is 5.95 Å². The largest absolute Gasteiger partial charge is 0.348 e.